The lowest BCUT2D eigenvalue weighted by atomic mass is 9.84. The van der Waals surface area contributed by atoms with Gasteiger partial charge in [-0.3, -0.25) is 0 Å². The molecule has 0 radical (unpaired) electrons. The van der Waals surface area contributed by atoms with Crippen LogP contribution in [0.25, 0.3) is 10.4 Å². The van der Waals surface area contributed by atoms with Gasteiger partial charge in [-0.15, -0.1) is 0 Å². The zero-order valence-corrected chi connectivity index (χ0v) is 11.2. The van der Waals surface area contributed by atoms with Crippen molar-refractivity contribution in [3.8, 4) is 0 Å². The number of hydrogen-bond acceptors (Lipinski definition) is 2. The summed E-state index contributed by atoms with van der Waals surface area (Å²) in [5.74, 6) is 0.697. The molecule has 0 amide bonds. The zero-order chi connectivity index (χ0) is 13.5. The number of aliphatic hydroxyl groups is 1. The Morgan fingerprint density at radius 1 is 1.21 bits per heavy atom. The smallest absolute Gasteiger partial charge is 0.0791 e. The fourth-order valence-corrected chi connectivity index (χ4v) is 2.82. The van der Waals surface area contributed by atoms with E-state index in [4.69, 9.17) is 5.53 Å². The maximum absolute atomic E-state index is 9.97. The summed E-state index contributed by atoms with van der Waals surface area (Å²) in [5, 5.41) is 13.4. The van der Waals surface area contributed by atoms with Gasteiger partial charge < -0.3 is 5.11 Å². The molecule has 2 rings (SSSR count). The van der Waals surface area contributed by atoms with E-state index in [1.807, 2.05) is 12.1 Å². The molecule has 1 saturated carbocycles. The van der Waals surface area contributed by atoms with Crippen molar-refractivity contribution in [3.63, 3.8) is 0 Å². The molecule has 1 aromatic carbocycles. The zero-order valence-electron chi connectivity index (χ0n) is 11.2. The monoisotopic (exact) mass is 259 g/mol. The summed E-state index contributed by atoms with van der Waals surface area (Å²) in [6, 6.07) is 8.29. The van der Waals surface area contributed by atoms with Gasteiger partial charge in [-0.05, 0) is 41.8 Å². The number of hydrogen-bond donors (Lipinski definition) is 1. The molecule has 0 spiro atoms. The molecule has 1 atom stereocenters. The van der Waals surface area contributed by atoms with Crippen LogP contribution in [-0.2, 0) is 0 Å². The number of aliphatic hydroxyl groups excluding tert-OH is 1. The van der Waals surface area contributed by atoms with Crippen LogP contribution in [0.2, 0.25) is 0 Å². The third-order valence-corrected chi connectivity index (χ3v) is 3.96. The van der Waals surface area contributed by atoms with Crippen LogP contribution < -0.4 is 0 Å². The molecule has 102 valence electrons. The second kappa shape index (κ2) is 7.17. The van der Waals surface area contributed by atoms with Crippen molar-refractivity contribution in [1.29, 1.82) is 0 Å². The first-order valence-electron chi connectivity index (χ1n) is 7.10. The molecule has 1 aromatic rings. The Morgan fingerprint density at radius 3 is 2.53 bits per heavy atom. The highest BCUT2D eigenvalue weighted by Crippen LogP contribution is 2.33. The summed E-state index contributed by atoms with van der Waals surface area (Å²) in [6.07, 6.45) is 6.56. The van der Waals surface area contributed by atoms with Crippen molar-refractivity contribution in [1.82, 2.24) is 0 Å². The average molecular weight is 259 g/mol. The molecule has 0 aromatic heterocycles. The van der Waals surface area contributed by atoms with Crippen molar-refractivity contribution in [2.24, 2.45) is 5.11 Å². The molecular formula is C15H21N3O. The molecule has 0 aliphatic heterocycles. The minimum atomic E-state index is -0.536. The van der Waals surface area contributed by atoms with Crippen LogP contribution in [0, 0.1) is 0 Å². The van der Waals surface area contributed by atoms with E-state index < -0.39 is 6.10 Å². The molecule has 1 aliphatic rings. The first kappa shape index (κ1) is 13.9. The molecule has 0 heterocycles. The van der Waals surface area contributed by atoms with E-state index in [-0.39, 0.29) is 0 Å². The first-order chi connectivity index (χ1) is 9.31. The first-order valence-corrected chi connectivity index (χ1v) is 7.10. The number of benzene rings is 1. The van der Waals surface area contributed by atoms with Gasteiger partial charge in [-0.1, -0.05) is 48.6 Å². The molecule has 19 heavy (non-hydrogen) atoms. The second-order valence-electron chi connectivity index (χ2n) is 5.26. The number of rotatable bonds is 5. The van der Waals surface area contributed by atoms with Crippen LogP contribution in [0.4, 0.5) is 0 Å². The van der Waals surface area contributed by atoms with E-state index >= 15 is 0 Å². The van der Waals surface area contributed by atoms with Gasteiger partial charge in [-0.25, -0.2) is 0 Å². The Balaban J connectivity index is 1.95. The topological polar surface area (TPSA) is 69.0 Å². The molecule has 1 aliphatic carbocycles. The van der Waals surface area contributed by atoms with Gasteiger partial charge in [0.2, 0.25) is 0 Å². The maximum atomic E-state index is 9.97. The summed E-state index contributed by atoms with van der Waals surface area (Å²) in [4.78, 5) is 2.69. The summed E-state index contributed by atoms with van der Waals surface area (Å²) in [6.45, 7) is 0.335. The quantitative estimate of drug-likeness (QED) is 0.473. The summed E-state index contributed by atoms with van der Waals surface area (Å²) < 4.78 is 0. The van der Waals surface area contributed by atoms with E-state index in [1.54, 1.807) is 0 Å². The van der Waals surface area contributed by atoms with Crippen molar-refractivity contribution < 1.29 is 5.11 Å². The van der Waals surface area contributed by atoms with Gasteiger partial charge in [0.15, 0.2) is 0 Å². The van der Waals surface area contributed by atoms with Gasteiger partial charge in [-0.2, -0.15) is 0 Å². The fourth-order valence-electron chi connectivity index (χ4n) is 2.82. The highest BCUT2D eigenvalue weighted by atomic mass is 16.3. The highest BCUT2D eigenvalue weighted by Gasteiger charge is 2.15. The Bertz CT molecular complexity index is 431. The van der Waals surface area contributed by atoms with E-state index in [9.17, 15) is 5.11 Å². The SMILES string of the molecule is [N-]=[N+]=NCCC(O)c1ccc(C2CCCCC2)cc1. The standard InChI is InChI=1S/C15H21N3O/c16-18-17-11-10-15(19)14-8-6-13(7-9-14)12-4-2-1-3-5-12/h6-9,12,15,19H,1-5,10-11H2. The summed E-state index contributed by atoms with van der Waals surface area (Å²) in [5.41, 5.74) is 10.5. The van der Waals surface area contributed by atoms with Gasteiger partial charge >= 0.3 is 0 Å². The lowest BCUT2D eigenvalue weighted by Crippen LogP contribution is -2.05. The Labute approximate surface area is 114 Å². The number of azide groups is 1. The third kappa shape index (κ3) is 3.98. The van der Waals surface area contributed by atoms with Crippen LogP contribution >= 0.6 is 0 Å². The van der Waals surface area contributed by atoms with Gasteiger partial charge in [0.1, 0.15) is 0 Å². The Morgan fingerprint density at radius 2 is 1.89 bits per heavy atom. The highest BCUT2D eigenvalue weighted by molar-refractivity contribution is 5.27. The lowest BCUT2D eigenvalue weighted by Gasteiger charge is -2.22. The normalized spacial score (nSPS) is 17.7. The molecule has 0 bridgehead atoms. The predicted octanol–water partition coefficient (Wildman–Crippen LogP) is 4.47. The van der Waals surface area contributed by atoms with E-state index in [0.717, 1.165) is 5.56 Å². The van der Waals surface area contributed by atoms with Crippen molar-refractivity contribution in [3.05, 3.63) is 45.8 Å². The summed E-state index contributed by atoms with van der Waals surface area (Å²) >= 11 is 0. The number of nitrogens with zero attached hydrogens (tertiary/aromatic N) is 3. The predicted molar refractivity (Wildman–Crippen MR) is 75.9 cm³/mol. The van der Waals surface area contributed by atoms with Gasteiger partial charge in [0.05, 0.1) is 6.10 Å². The van der Waals surface area contributed by atoms with Gasteiger partial charge in [0.25, 0.3) is 0 Å². The second-order valence-corrected chi connectivity index (χ2v) is 5.26. The Hall–Kier alpha value is -1.51. The van der Waals surface area contributed by atoms with E-state index in [0.29, 0.717) is 18.9 Å². The molecule has 4 heteroatoms. The Kier molecular flexibility index (Phi) is 5.25. The molecule has 1 N–H and O–H groups in total. The van der Waals surface area contributed by atoms with Crippen molar-refractivity contribution in [2.45, 2.75) is 50.5 Å². The van der Waals surface area contributed by atoms with E-state index in [2.05, 4.69) is 22.2 Å². The minimum absolute atomic E-state index is 0.335. The van der Waals surface area contributed by atoms with Crippen LogP contribution in [0.3, 0.4) is 0 Å². The van der Waals surface area contributed by atoms with Crippen LogP contribution in [0.1, 0.15) is 61.7 Å². The molecule has 4 nitrogen and oxygen atoms in total. The van der Waals surface area contributed by atoms with Crippen LogP contribution in [0.15, 0.2) is 29.4 Å². The lowest BCUT2D eigenvalue weighted by molar-refractivity contribution is 0.170. The summed E-state index contributed by atoms with van der Waals surface area (Å²) in [7, 11) is 0. The van der Waals surface area contributed by atoms with Crippen molar-refractivity contribution in [2.75, 3.05) is 6.54 Å². The molecule has 1 fully saturated rings. The molecule has 1 unspecified atom stereocenters. The largest absolute Gasteiger partial charge is 0.388 e. The third-order valence-electron chi connectivity index (χ3n) is 3.96. The average Bonchev–Trinajstić information content (AvgIpc) is 2.48. The van der Waals surface area contributed by atoms with Crippen molar-refractivity contribution >= 4 is 0 Å². The molecular weight excluding hydrogens is 238 g/mol. The maximum Gasteiger partial charge on any atom is 0.0791 e. The molecule has 0 saturated heterocycles. The van der Waals surface area contributed by atoms with Crippen LogP contribution in [-0.4, -0.2) is 11.7 Å². The van der Waals surface area contributed by atoms with Crippen LogP contribution in [0.5, 0.6) is 0 Å². The minimum Gasteiger partial charge on any atom is -0.388 e. The fraction of sp³-hybridized carbons (Fsp3) is 0.600. The van der Waals surface area contributed by atoms with E-state index in [1.165, 1.54) is 37.7 Å². The van der Waals surface area contributed by atoms with Gasteiger partial charge in [0, 0.05) is 11.5 Å².